The smallest absolute Gasteiger partial charge is 0.0252 e. The molecular formula is C10H18. The number of hydrogen-bond acceptors (Lipinski definition) is 0. The van der Waals surface area contributed by atoms with Crippen LogP contribution >= 0.6 is 0 Å². The molecule has 1 aliphatic rings. The van der Waals surface area contributed by atoms with Crippen LogP contribution in [-0.4, -0.2) is 0 Å². The molecule has 0 amide bonds. The fourth-order valence-corrected chi connectivity index (χ4v) is 2.03. The molecular weight excluding hydrogens is 120 g/mol. The van der Waals surface area contributed by atoms with E-state index in [1.165, 1.54) is 25.7 Å². The van der Waals surface area contributed by atoms with Crippen LogP contribution in [0.1, 0.15) is 46.5 Å². The summed E-state index contributed by atoms with van der Waals surface area (Å²) >= 11 is 0. The number of hydrogen-bond donors (Lipinski definition) is 0. The van der Waals surface area contributed by atoms with E-state index in [1.807, 2.05) is 0 Å². The van der Waals surface area contributed by atoms with Gasteiger partial charge in [-0.05, 0) is 31.6 Å². The average Bonchev–Trinajstić information content (AvgIpc) is 1.83. The van der Waals surface area contributed by atoms with E-state index in [-0.39, 0.29) is 0 Å². The molecule has 0 bridgehead atoms. The Morgan fingerprint density at radius 3 is 2.50 bits per heavy atom. The summed E-state index contributed by atoms with van der Waals surface area (Å²) in [6.07, 6.45) is 7.74. The second-order valence-corrected chi connectivity index (χ2v) is 3.86. The van der Waals surface area contributed by atoms with E-state index in [1.54, 1.807) is 5.57 Å². The molecule has 0 aromatic heterocycles. The Hall–Kier alpha value is -0.260. The molecule has 0 N–H and O–H groups in total. The van der Waals surface area contributed by atoms with Crippen molar-refractivity contribution in [2.75, 3.05) is 0 Å². The molecule has 0 spiro atoms. The topological polar surface area (TPSA) is 0 Å². The normalized spacial score (nSPS) is 31.7. The van der Waals surface area contributed by atoms with E-state index in [0.717, 1.165) is 0 Å². The first-order chi connectivity index (χ1) is 4.70. The molecule has 0 saturated heterocycles. The van der Waals surface area contributed by atoms with Crippen molar-refractivity contribution in [1.29, 1.82) is 0 Å². The maximum atomic E-state index is 2.41. The summed E-state index contributed by atoms with van der Waals surface area (Å²) in [4.78, 5) is 0. The highest BCUT2D eigenvalue weighted by Crippen LogP contribution is 2.47. The highest BCUT2D eigenvalue weighted by molar-refractivity contribution is 5.16. The molecule has 0 heteroatoms. The van der Waals surface area contributed by atoms with Crippen LogP contribution in [0.4, 0.5) is 0 Å². The highest BCUT2D eigenvalue weighted by Gasteiger charge is 2.33. The van der Waals surface area contributed by atoms with E-state index in [0.29, 0.717) is 5.41 Å². The van der Waals surface area contributed by atoms with Crippen LogP contribution in [0.3, 0.4) is 0 Å². The summed E-state index contributed by atoms with van der Waals surface area (Å²) in [5.74, 6) is 0. The predicted molar refractivity (Wildman–Crippen MR) is 46.0 cm³/mol. The van der Waals surface area contributed by atoms with Crippen LogP contribution in [-0.2, 0) is 0 Å². The van der Waals surface area contributed by atoms with Crippen molar-refractivity contribution in [3.05, 3.63) is 11.6 Å². The molecule has 1 rings (SSSR count). The van der Waals surface area contributed by atoms with Gasteiger partial charge in [-0.1, -0.05) is 31.9 Å². The average molecular weight is 138 g/mol. The molecule has 1 aliphatic carbocycles. The molecule has 1 fully saturated rings. The lowest BCUT2D eigenvalue weighted by Gasteiger charge is -2.41. The molecule has 0 aromatic rings. The van der Waals surface area contributed by atoms with Crippen LogP contribution < -0.4 is 0 Å². The van der Waals surface area contributed by atoms with Crippen molar-refractivity contribution in [1.82, 2.24) is 0 Å². The first-order valence-electron chi connectivity index (χ1n) is 4.34. The van der Waals surface area contributed by atoms with Gasteiger partial charge in [0.15, 0.2) is 0 Å². The van der Waals surface area contributed by atoms with Gasteiger partial charge in [-0.2, -0.15) is 0 Å². The van der Waals surface area contributed by atoms with E-state index in [2.05, 4.69) is 26.8 Å². The zero-order chi connectivity index (χ0) is 7.61. The minimum Gasteiger partial charge on any atom is -0.0884 e. The molecule has 0 unspecified atom stereocenters. The predicted octanol–water partition coefficient (Wildman–Crippen LogP) is 3.53. The molecule has 0 nitrogen and oxygen atoms in total. The maximum Gasteiger partial charge on any atom is -0.0252 e. The molecule has 10 heavy (non-hydrogen) atoms. The van der Waals surface area contributed by atoms with E-state index >= 15 is 0 Å². The van der Waals surface area contributed by atoms with Crippen LogP contribution in [0.5, 0.6) is 0 Å². The van der Waals surface area contributed by atoms with Crippen molar-refractivity contribution >= 4 is 0 Å². The standard InChI is InChI=1S/C10H18/c1-4-6-10(3)7-9(5-2)8-10/h5H,4,6-8H2,1-3H3. The summed E-state index contributed by atoms with van der Waals surface area (Å²) in [5.41, 5.74) is 2.34. The Morgan fingerprint density at radius 1 is 1.50 bits per heavy atom. The lowest BCUT2D eigenvalue weighted by atomic mass is 9.64. The van der Waals surface area contributed by atoms with Crippen LogP contribution in [0, 0.1) is 5.41 Å². The maximum absolute atomic E-state index is 2.41. The Balaban J connectivity index is 2.34. The van der Waals surface area contributed by atoms with Gasteiger partial charge in [-0.3, -0.25) is 0 Å². The van der Waals surface area contributed by atoms with Gasteiger partial charge in [0, 0.05) is 0 Å². The fraction of sp³-hybridized carbons (Fsp3) is 0.800. The summed E-state index contributed by atoms with van der Waals surface area (Å²) in [6.45, 7) is 6.84. The van der Waals surface area contributed by atoms with Crippen molar-refractivity contribution < 1.29 is 0 Å². The van der Waals surface area contributed by atoms with Crippen LogP contribution in [0.25, 0.3) is 0 Å². The van der Waals surface area contributed by atoms with Gasteiger partial charge in [-0.25, -0.2) is 0 Å². The van der Waals surface area contributed by atoms with E-state index in [9.17, 15) is 0 Å². The molecule has 0 aliphatic heterocycles. The largest absolute Gasteiger partial charge is 0.0884 e. The molecule has 0 atom stereocenters. The molecule has 0 radical (unpaired) electrons. The first-order valence-corrected chi connectivity index (χ1v) is 4.34. The molecule has 0 heterocycles. The van der Waals surface area contributed by atoms with Crippen molar-refractivity contribution in [2.45, 2.75) is 46.5 Å². The van der Waals surface area contributed by atoms with Crippen LogP contribution in [0.15, 0.2) is 11.6 Å². The van der Waals surface area contributed by atoms with Gasteiger partial charge in [0.05, 0.1) is 0 Å². The quantitative estimate of drug-likeness (QED) is 0.512. The van der Waals surface area contributed by atoms with Crippen molar-refractivity contribution in [3.8, 4) is 0 Å². The fourth-order valence-electron chi connectivity index (χ4n) is 2.03. The van der Waals surface area contributed by atoms with E-state index in [4.69, 9.17) is 0 Å². The van der Waals surface area contributed by atoms with E-state index < -0.39 is 0 Å². The van der Waals surface area contributed by atoms with Crippen molar-refractivity contribution in [2.24, 2.45) is 5.41 Å². The first kappa shape index (κ1) is 7.84. The lowest BCUT2D eigenvalue weighted by Crippen LogP contribution is -2.27. The summed E-state index contributed by atoms with van der Waals surface area (Å²) < 4.78 is 0. The Bertz CT molecular complexity index is 134. The molecule has 58 valence electrons. The second kappa shape index (κ2) is 2.77. The SMILES string of the molecule is CC=C1CC(C)(CCC)C1. The Morgan fingerprint density at radius 2 is 2.10 bits per heavy atom. The van der Waals surface area contributed by atoms with Crippen molar-refractivity contribution in [3.63, 3.8) is 0 Å². The van der Waals surface area contributed by atoms with Gasteiger partial charge in [0.25, 0.3) is 0 Å². The third kappa shape index (κ3) is 1.42. The minimum absolute atomic E-state index is 0.677. The van der Waals surface area contributed by atoms with Crippen LogP contribution in [0.2, 0.25) is 0 Å². The third-order valence-electron chi connectivity index (χ3n) is 2.57. The second-order valence-electron chi connectivity index (χ2n) is 3.86. The monoisotopic (exact) mass is 138 g/mol. The third-order valence-corrected chi connectivity index (χ3v) is 2.57. The zero-order valence-electron chi connectivity index (χ0n) is 7.41. The van der Waals surface area contributed by atoms with Gasteiger partial charge in [0.2, 0.25) is 0 Å². The Labute approximate surface area is 64.3 Å². The number of allylic oxidation sites excluding steroid dienone is 2. The zero-order valence-corrected chi connectivity index (χ0v) is 7.41. The minimum atomic E-state index is 0.677. The lowest BCUT2D eigenvalue weighted by molar-refractivity contribution is 0.215. The summed E-state index contributed by atoms with van der Waals surface area (Å²) in [6, 6.07) is 0. The Kier molecular flexibility index (Phi) is 2.18. The van der Waals surface area contributed by atoms with Gasteiger partial charge >= 0.3 is 0 Å². The summed E-state index contributed by atoms with van der Waals surface area (Å²) in [5, 5.41) is 0. The molecule has 1 saturated carbocycles. The number of rotatable bonds is 2. The van der Waals surface area contributed by atoms with Gasteiger partial charge in [-0.15, -0.1) is 0 Å². The highest BCUT2D eigenvalue weighted by atomic mass is 14.4. The summed E-state index contributed by atoms with van der Waals surface area (Å²) in [7, 11) is 0. The van der Waals surface area contributed by atoms with Gasteiger partial charge in [0.1, 0.15) is 0 Å². The van der Waals surface area contributed by atoms with Gasteiger partial charge < -0.3 is 0 Å². The molecule has 0 aromatic carbocycles.